The van der Waals surface area contributed by atoms with Crippen LogP contribution in [0.15, 0.2) is 29.8 Å². The van der Waals surface area contributed by atoms with Crippen LogP contribution in [0.4, 0.5) is 4.39 Å². The molecule has 0 radical (unpaired) electrons. The normalized spacial score (nSPS) is 16.6. The van der Waals surface area contributed by atoms with E-state index in [4.69, 9.17) is 10.1 Å². The first-order valence-electron chi connectivity index (χ1n) is 12.9. The second-order valence-corrected chi connectivity index (χ2v) is 9.64. The van der Waals surface area contributed by atoms with E-state index in [9.17, 15) is 9.18 Å². The molecule has 1 unspecified atom stereocenters. The van der Waals surface area contributed by atoms with Crippen LogP contribution in [-0.2, 0) is 4.79 Å². The molecule has 35 heavy (non-hydrogen) atoms. The Morgan fingerprint density at radius 3 is 2.69 bits per heavy atom. The lowest BCUT2D eigenvalue weighted by molar-refractivity contribution is -0.126. The quantitative estimate of drug-likeness (QED) is 0.409. The zero-order valence-corrected chi connectivity index (χ0v) is 21.5. The summed E-state index contributed by atoms with van der Waals surface area (Å²) in [5.74, 6) is -0.167. The molecule has 0 spiro atoms. The van der Waals surface area contributed by atoms with Crippen molar-refractivity contribution in [2.75, 3.05) is 26.2 Å². The van der Waals surface area contributed by atoms with Gasteiger partial charge >= 0.3 is 0 Å². The molecule has 1 atom stereocenters. The van der Waals surface area contributed by atoms with Crippen LogP contribution in [0, 0.1) is 17.1 Å². The number of rotatable bonds is 12. The molecule has 1 fully saturated rings. The van der Waals surface area contributed by atoms with Crippen molar-refractivity contribution in [3.05, 3.63) is 35.7 Å². The highest BCUT2D eigenvalue weighted by atomic mass is 19.1. The molecule has 1 aromatic heterocycles. The molecule has 2 N–H and O–H groups in total. The molecule has 1 amide bonds. The third kappa shape index (κ3) is 7.13. The Labute approximate surface area is 208 Å². The monoisotopic (exact) mass is 485 g/mol. The molecule has 1 aromatic carbocycles. The topological polar surface area (TPSA) is 83.2 Å². The smallest absolute Gasteiger partial charge is 0.297 e. The molecule has 8 heteroatoms. The molecular weight excluding hydrogens is 445 g/mol. The zero-order valence-electron chi connectivity index (χ0n) is 21.5. The first-order valence-corrected chi connectivity index (χ1v) is 12.9. The lowest BCUT2D eigenvalue weighted by atomic mass is 9.95. The number of halogens is 1. The lowest BCUT2D eigenvalue weighted by Gasteiger charge is -2.31. The van der Waals surface area contributed by atoms with Crippen LogP contribution in [-0.4, -0.2) is 58.9 Å². The third-order valence-electron chi connectivity index (χ3n) is 6.64. The second kappa shape index (κ2) is 12.8. The lowest BCUT2D eigenvalue weighted by Crippen LogP contribution is -2.41. The predicted octanol–water partition coefficient (Wildman–Crippen LogP) is 5.12. The van der Waals surface area contributed by atoms with Gasteiger partial charge in [0.2, 0.25) is 5.91 Å². The number of aromatic nitrogens is 2. The number of imidazole rings is 1. The Morgan fingerprint density at radius 1 is 1.31 bits per heavy atom. The molecular formula is C27H40FN5O2. The maximum Gasteiger partial charge on any atom is 0.297 e. The molecule has 1 saturated heterocycles. The van der Waals surface area contributed by atoms with E-state index in [1.807, 2.05) is 26.8 Å². The van der Waals surface area contributed by atoms with E-state index in [2.05, 4.69) is 26.7 Å². The van der Waals surface area contributed by atoms with Gasteiger partial charge in [0.05, 0.1) is 17.1 Å². The van der Waals surface area contributed by atoms with E-state index in [0.717, 1.165) is 62.8 Å². The van der Waals surface area contributed by atoms with Crippen molar-refractivity contribution in [3.8, 4) is 6.01 Å². The SMILES string of the molecule is C/C=C(\C=N)CN1CCC(C(=O)NCCC(CCC)n2c(OC(C)C)nc3cc(F)ccc32)CC1. The zero-order chi connectivity index (χ0) is 25.4. The number of amides is 1. The van der Waals surface area contributed by atoms with E-state index >= 15 is 0 Å². The largest absolute Gasteiger partial charge is 0.462 e. The standard InChI is InChI=1S/C27H40FN5O2/c1-5-7-23(33-25-9-8-22(28)16-24(25)31-27(33)35-19(3)4)10-13-30-26(34)21-11-14-32(15-12-21)18-20(6-2)17-29/h6,8-9,16-17,19,21,23,29H,5,7,10-15,18H2,1-4H3,(H,30,34)/b20-6+,29-17?. The Morgan fingerprint density at radius 2 is 2.06 bits per heavy atom. The number of carbonyl (C=O) groups is 1. The highest BCUT2D eigenvalue weighted by Crippen LogP contribution is 2.31. The Bertz CT molecular complexity index is 1020. The Hall–Kier alpha value is -2.74. The van der Waals surface area contributed by atoms with Gasteiger partial charge in [0.25, 0.3) is 6.01 Å². The number of allylic oxidation sites excluding steroid dienone is 1. The van der Waals surface area contributed by atoms with Crippen molar-refractivity contribution in [3.63, 3.8) is 0 Å². The van der Waals surface area contributed by atoms with Gasteiger partial charge < -0.3 is 15.5 Å². The molecule has 7 nitrogen and oxygen atoms in total. The van der Waals surface area contributed by atoms with Crippen LogP contribution in [0.5, 0.6) is 6.01 Å². The summed E-state index contributed by atoms with van der Waals surface area (Å²) in [4.78, 5) is 19.7. The van der Waals surface area contributed by atoms with Gasteiger partial charge in [-0.15, -0.1) is 0 Å². The highest BCUT2D eigenvalue weighted by molar-refractivity contribution is 5.79. The molecule has 0 saturated carbocycles. The molecule has 2 aromatic rings. The van der Waals surface area contributed by atoms with Gasteiger partial charge in [-0.25, -0.2) is 4.39 Å². The second-order valence-electron chi connectivity index (χ2n) is 9.64. The number of nitrogens with zero attached hydrogens (tertiary/aromatic N) is 3. The molecule has 0 aliphatic carbocycles. The van der Waals surface area contributed by atoms with Gasteiger partial charge in [0.1, 0.15) is 5.82 Å². The summed E-state index contributed by atoms with van der Waals surface area (Å²) in [6.07, 6.45) is 7.63. The molecule has 3 rings (SSSR count). The first kappa shape index (κ1) is 26.9. The average molecular weight is 486 g/mol. The van der Waals surface area contributed by atoms with Crippen molar-refractivity contribution in [2.24, 2.45) is 5.92 Å². The van der Waals surface area contributed by atoms with E-state index < -0.39 is 0 Å². The minimum absolute atomic E-state index is 0.0294. The molecule has 2 heterocycles. The number of fused-ring (bicyclic) bond motifs is 1. The number of hydrogen-bond donors (Lipinski definition) is 2. The molecule has 0 bridgehead atoms. The Kier molecular flexibility index (Phi) is 9.83. The summed E-state index contributed by atoms with van der Waals surface area (Å²) in [5.41, 5.74) is 2.44. The van der Waals surface area contributed by atoms with Gasteiger partial charge in [-0.05, 0) is 77.2 Å². The van der Waals surface area contributed by atoms with Gasteiger partial charge in [0.15, 0.2) is 0 Å². The van der Waals surface area contributed by atoms with Crippen LogP contribution >= 0.6 is 0 Å². The summed E-state index contributed by atoms with van der Waals surface area (Å²) in [6, 6.07) is 5.25. The van der Waals surface area contributed by atoms with E-state index in [1.165, 1.54) is 18.3 Å². The van der Waals surface area contributed by atoms with Gasteiger partial charge in [-0.2, -0.15) is 4.98 Å². The summed E-state index contributed by atoms with van der Waals surface area (Å²) in [5, 5.41) is 10.6. The summed E-state index contributed by atoms with van der Waals surface area (Å²) >= 11 is 0. The van der Waals surface area contributed by atoms with Crippen molar-refractivity contribution in [1.29, 1.82) is 5.41 Å². The van der Waals surface area contributed by atoms with Crippen LogP contribution in [0.1, 0.15) is 65.8 Å². The fourth-order valence-electron chi connectivity index (χ4n) is 4.77. The van der Waals surface area contributed by atoms with Crippen LogP contribution in [0.3, 0.4) is 0 Å². The first-order chi connectivity index (χ1) is 16.9. The van der Waals surface area contributed by atoms with Gasteiger partial charge in [0, 0.05) is 37.3 Å². The van der Waals surface area contributed by atoms with Crippen molar-refractivity contribution >= 4 is 23.2 Å². The van der Waals surface area contributed by atoms with Crippen molar-refractivity contribution in [2.45, 2.75) is 71.9 Å². The Balaban J connectivity index is 1.61. The summed E-state index contributed by atoms with van der Waals surface area (Å²) < 4.78 is 21.9. The van der Waals surface area contributed by atoms with Crippen LogP contribution in [0.25, 0.3) is 11.0 Å². The number of carbonyl (C=O) groups excluding carboxylic acids is 1. The minimum Gasteiger partial charge on any atom is -0.462 e. The number of nitrogens with one attached hydrogen (secondary N) is 2. The number of likely N-dealkylation sites (tertiary alicyclic amines) is 1. The fraction of sp³-hybridized carbons (Fsp3) is 0.593. The van der Waals surface area contributed by atoms with E-state index in [0.29, 0.717) is 18.1 Å². The van der Waals surface area contributed by atoms with Crippen molar-refractivity contribution in [1.82, 2.24) is 19.8 Å². The van der Waals surface area contributed by atoms with Crippen LogP contribution < -0.4 is 10.1 Å². The molecule has 1 aliphatic rings. The third-order valence-corrected chi connectivity index (χ3v) is 6.64. The van der Waals surface area contributed by atoms with Crippen LogP contribution in [0.2, 0.25) is 0 Å². The number of hydrogen-bond acceptors (Lipinski definition) is 5. The fourth-order valence-corrected chi connectivity index (χ4v) is 4.77. The minimum atomic E-state index is -0.316. The summed E-state index contributed by atoms with van der Waals surface area (Å²) in [7, 11) is 0. The molecule has 1 aliphatic heterocycles. The summed E-state index contributed by atoms with van der Waals surface area (Å²) in [6.45, 7) is 11.1. The number of benzene rings is 1. The van der Waals surface area contributed by atoms with E-state index in [1.54, 1.807) is 6.07 Å². The number of ether oxygens (including phenoxy) is 1. The molecule has 192 valence electrons. The van der Waals surface area contributed by atoms with E-state index in [-0.39, 0.29) is 29.8 Å². The maximum absolute atomic E-state index is 13.8. The average Bonchev–Trinajstić information content (AvgIpc) is 3.18. The highest BCUT2D eigenvalue weighted by Gasteiger charge is 2.26. The van der Waals surface area contributed by atoms with Gasteiger partial charge in [-0.3, -0.25) is 14.3 Å². The van der Waals surface area contributed by atoms with Crippen molar-refractivity contribution < 1.29 is 13.9 Å². The van der Waals surface area contributed by atoms with Gasteiger partial charge in [-0.1, -0.05) is 19.4 Å². The number of piperidine rings is 1. The predicted molar refractivity (Wildman–Crippen MR) is 139 cm³/mol. The maximum atomic E-state index is 13.8.